The predicted octanol–water partition coefficient (Wildman–Crippen LogP) is 4.08. The third kappa shape index (κ3) is 6.04. The molecule has 1 atom stereocenters. The summed E-state index contributed by atoms with van der Waals surface area (Å²) in [7, 11) is -3.05. The van der Waals surface area contributed by atoms with Gasteiger partial charge in [0, 0.05) is 17.6 Å². The number of rotatable bonds is 7. The second-order valence-corrected chi connectivity index (χ2v) is 12.8. The Morgan fingerprint density at radius 1 is 1.41 bits per heavy atom. The highest BCUT2D eigenvalue weighted by molar-refractivity contribution is 8.01. The summed E-state index contributed by atoms with van der Waals surface area (Å²) in [6, 6.07) is 6.98. The van der Waals surface area contributed by atoms with E-state index in [4.69, 9.17) is 23.8 Å². The lowest BCUT2D eigenvalue weighted by atomic mass is 10.1. The quantitative estimate of drug-likeness (QED) is 0.429. The Morgan fingerprint density at radius 3 is 2.69 bits per heavy atom. The van der Waals surface area contributed by atoms with Crippen LogP contribution in [0.25, 0.3) is 5.69 Å². The van der Waals surface area contributed by atoms with Gasteiger partial charge in [0.25, 0.3) is 0 Å². The molecule has 2 aromatic rings. The summed E-state index contributed by atoms with van der Waals surface area (Å²) in [5.74, 6) is 0.606. The molecule has 0 spiro atoms. The van der Waals surface area contributed by atoms with E-state index in [1.807, 2.05) is 26.0 Å². The van der Waals surface area contributed by atoms with Crippen LogP contribution in [0, 0.1) is 9.87 Å². The zero-order chi connectivity index (χ0) is 21.2. The fourth-order valence-electron chi connectivity index (χ4n) is 3.14. The van der Waals surface area contributed by atoms with E-state index in [1.54, 1.807) is 21.7 Å². The first kappa shape index (κ1) is 22.7. The molecule has 0 N–H and O–H groups in total. The minimum Gasteiger partial charge on any atom is -0.338 e. The van der Waals surface area contributed by atoms with Gasteiger partial charge in [0.05, 0.1) is 22.9 Å². The van der Waals surface area contributed by atoms with Gasteiger partial charge < -0.3 is 4.90 Å². The van der Waals surface area contributed by atoms with Gasteiger partial charge in [-0.2, -0.15) is 0 Å². The first-order chi connectivity index (χ1) is 13.6. The topological polar surface area (TPSA) is 72.3 Å². The number of sulfone groups is 1. The summed E-state index contributed by atoms with van der Waals surface area (Å²) >= 11 is 14.0. The Kier molecular flexibility index (Phi) is 7.42. The number of amides is 1. The van der Waals surface area contributed by atoms with E-state index >= 15 is 0 Å². The van der Waals surface area contributed by atoms with E-state index < -0.39 is 9.84 Å². The van der Waals surface area contributed by atoms with E-state index in [0.29, 0.717) is 26.3 Å². The molecule has 11 heteroatoms. The number of hydrogen-bond acceptors (Lipinski definition) is 7. The fourth-order valence-corrected chi connectivity index (χ4v) is 7.24. The average molecular weight is 492 g/mol. The van der Waals surface area contributed by atoms with Crippen molar-refractivity contribution in [2.75, 3.05) is 23.8 Å². The highest BCUT2D eigenvalue weighted by Crippen LogP contribution is 2.26. The molecule has 1 aromatic carbocycles. The van der Waals surface area contributed by atoms with Gasteiger partial charge in [-0.05, 0) is 48.8 Å². The number of nitrogens with zero attached hydrogens (tertiary/aromatic N) is 3. The van der Waals surface area contributed by atoms with Crippen LogP contribution < -0.4 is 0 Å². The third-order valence-corrected chi connectivity index (χ3v) is 8.80. The Balaban J connectivity index is 1.69. The number of hydrogen-bond donors (Lipinski definition) is 0. The molecule has 0 aliphatic carbocycles. The van der Waals surface area contributed by atoms with Gasteiger partial charge in [-0.15, -0.1) is 5.10 Å². The number of halogens is 1. The van der Waals surface area contributed by atoms with E-state index in [2.05, 4.69) is 5.10 Å². The molecule has 1 aliphatic rings. The van der Waals surface area contributed by atoms with Gasteiger partial charge in [-0.3, -0.25) is 4.79 Å². The summed E-state index contributed by atoms with van der Waals surface area (Å²) < 4.78 is 26.6. The summed E-state index contributed by atoms with van der Waals surface area (Å²) in [4.78, 5) is 14.6. The SMILES string of the molecule is CC(C)CN(C(=O)CSc1nn(-c2ccc(Cl)cc2)c(=S)s1)[C@@H]1CCS(=O)(=O)C1. The van der Waals surface area contributed by atoms with Crippen LogP contribution in [-0.2, 0) is 14.6 Å². The van der Waals surface area contributed by atoms with Crippen LogP contribution in [0.2, 0.25) is 5.02 Å². The number of aromatic nitrogens is 2. The van der Waals surface area contributed by atoms with Crippen molar-refractivity contribution < 1.29 is 13.2 Å². The molecule has 158 valence electrons. The Labute approximate surface area is 189 Å². The average Bonchev–Trinajstić information content (AvgIpc) is 3.20. The third-order valence-electron chi connectivity index (χ3n) is 4.45. The highest BCUT2D eigenvalue weighted by Gasteiger charge is 2.34. The van der Waals surface area contributed by atoms with Crippen molar-refractivity contribution in [3.8, 4) is 5.69 Å². The number of carbonyl (C=O) groups excluding carboxylic acids is 1. The van der Waals surface area contributed by atoms with Crippen molar-refractivity contribution in [3.63, 3.8) is 0 Å². The largest absolute Gasteiger partial charge is 0.338 e. The number of thioether (sulfide) groups is 1. The predicted molar refractivity (Wildman–Crippen MR) is 122 cm³/mol. The normalized spacial score (nSPS) is 18.3. The van der Waals surface area contributed by atoms with E-state index in [0.717, 1.165) is 5.69 Å². The van der Waals surface area contributed by atoms with Gasteiger partial charge in [0.1, 0.15) is 0 Å². The maximum absolute atomic E-state index is 12.9. The van der Waals surface area contributed by atoms with Crippen LogP contribution in [0.5, 0.6) is 0 Å². The standard InChI is InChI=1S/C18H22ClN3O3S4/c1-12(2)9-21(15-7-8-29(24,25)11-15)16(23)10-27-17-20-22(18(26)28-17)14-5-3-13(19)4-6-14/h3-6,12,15H,7-11H2,1-2H3/t15-/m1/s1. The lowest BCUT2D eigenvalue weighted by molar-refractivity contribution is -0.130. The van der Waals surface area contributed by atoms with E-state index in [1.165, 1.54) is 23.1 Å². The molecule has 1 aliphatic heterocycles. The Bertz CT molecular complexity index is 1030. The van der Waals surface area contributed by atoms with E-state index in [9.17, 15) is 13.2 Å². The molecule has 0 bridgehead atoms. The molecule has 1 aromatic heterocycles. The molecule has 1 amide bonds. The minimum absolute atomic E-state index is 0.0558. The van der Waals surface area contributed by atoms with E-state index in [-0.39, 0.29) is 35.1 Å². The second kappa shape index (κ2) is 9.47. The van der Waals surface area contributed by atoms with Crippen molar-refractivity contribution >= 4 is 62.7 Å². The minimum atomic E-state index is -3.05. The zero-order valence-electron chi connectivity index (χ0n) is 16.1. The van der Waals surface area contributed by atoms with Crippen LogP contribution in [0.3, 0.4) is 0 Å². The van der Waals surface area contributed by atoms with Crippen LogP contribution in [0.1, 0.15) is 20.3 Å². The molecular formula is C18H22ClN3O3S4. The van der Waals surface area contributed by atoms with Crippen molar-refractivity contribution in [3.05, 3.63) is 33.2 Å². The Morgan fingerprint density at radius 2 is 2.10 bits per heavy atom. The molecule has 1 fully saturated rings. The summed E-state index contributed by atoms with van der Waals surface area (Å²) in [5.41, 5.74) is 0.812. The van der Waals surface area contributed by atoms with Gasteiger partial charge in [0.2, 0.25) is 5.91 Å². The van der Waals surface area contributed by atoms with Gasteiger partial charge >= 0.3 is 0 Å². The molecule has 0 unspecified atom stereocenters. The smallest absolute Gasteiger partial charge is 0.233 e. The molecule has 1 saturated heterocycles. The van der Waals surface area contributed by atoms with Crippen LogP contribution >= 0.6 is 46.9 Å². The molecule has 0 saturated carbocycles. The molecule has 3 rings (SSSR count). The summed E-state index contributed by atoms with van der Waals surface area (Å²) in [6.45, 7) is 4.60. The van der Waals surface area contributed by atoms with Crippen LogP contribution in [0.15, 0.2) is 28.6 Å². The lowest BCUT2D eigenvalue weighted by Gasteiger charge is -2.29. The van der Waals surface area contributed by atoms with Gasteiger partial charge in [-0.25, -0.2) is 13.1 Å². The zero-order valence-corrected chi connectivity index (χ0v) is 20.1. The monoisotopic (exact) mass is 491 g/mol. The molecule has 29 heavy (non-hydrogen) atoms. The fraction of sp³-hybridized carbons (Fsp3) is 0.500. The maximum atomic E-state index is 12.9. The molecule has 6 nitrogen and oxygen atoms in total. The number of carbonyl (C=O) groups is 1. The first-order valence-electron chi connectivity index (χ1n) is 9.13. The van der Waals surface area contributed by atoms with Crippen LogP contribution in [-0.4, -0.2) is 58.9 Å². The first-order valence-corrected chi connectivity index (χ1v) is 13.5. The second-order valence-electron chi connectivity index (χ2n) is 7.31. The van der Waals surface area contributed by atoms with Crippen molar-refractivity contribution in [2.24, 2.45) is 5.92 Å². The summed E-state index contributed by atoms with van der Waals surface area (Å²) in [5, 5.41) is 5.14. The van der Waals surface area contributed by atoms with Crippen molar-refractivity contribution in [1.82, 2.24) is 14.7 Å². The summed E-state index contributed by atoms with van der Waals surface area (Å²) in [6.07, 6.45) is 0.510. The molecule has 0 radical (unpaired) electrons. The molecular weight excluding hydrogens is 470 g/mol. The Hall–Kier alpha value is -0.940. The van der Waals surface area contributed by atoms with Gasteiger partial charge in [0.15, 0.2) is 18.1 Å². The van der Waals surface area contributed by atoms with Crippen LogP contribution in [0.4, 0.5) is 0 Å². The van der Waals surface area contributed by atoms with Gasteiger partial charge in [-0.1, -0.05) is 48.5 Å². The number of benzene rings is 1. The lowest BCUT2D eigenvalue weighted by Crippen LogP contribution is -2.44. The van der Waals surface area contributed by atoms with Crippen molar-refractivity contribution in [1.29, 1.82) is 0 Å². The maximum Gasteiger partial charge on any atom is 0.233 e. The molecule has 2 heterocycles. The highest BCUT2D eigenvalue weighted by atomic mass is 35.5. The van der Waals surface area contributed by atoms with Crippen molar-refractivity contribution in [2.45, 2.75) is 30.6 Å².